The standard InChI is InChI=1S/C31H27N5O3/c1-19-27(30(37)33-25-13-6-7-14-26(25)39-3)28(21-15-17-22(38-2)18-16-21)36-31(32-19)34-29(35-36)24-12-8-10-20-9-4-5-11-23(20)24/h4-18,28H,1-3H3,(H,33,37)(H,32,34,35). The van der Waals surface area contributed by atoms with Crippen LogP contribution in [0, 0.1) is 0 Å². The Morgan fingerprint density at radius 3 is 2.44 bits per heavy atom. The molecule has 5 aromatic rings. The number of nitrogens with one attached hydrogen (secondary N) is 2. The largest absolute Gasteiger partial charge is 0.497 e. The summed E-state index contributed by atoms with van der Waals surface area (Å²) < 4.78 is 12.6. The van der Waals surface area contributed by atoms with Crippen molar-refractivity contribution in [2.75, 3.05) is 24.9 Å². The van der Waals surface area contributed by atoms with Crippen molar-refractivity contribution in [2.24, 2.45) is 0 Å². The fourth-order valence-corrected chi connectivity index (χ4v) is 5.01. The number of methoxy groups -OCH3 is 2. The SMILES string of the molecule is COc1ccc(C2C(C(=O)Nc3ccccc3OC)=C(C)Nc3nc(-c4cccc5ccccc45)nn32)cc1. The number of amides is 1. The first kappa shape index (κ1) is 24.2. The number of nitrogens with zero attached hydrogens (tertiary/aromatic N) is 3. The van der Waals surface area contributed by atoms with Crippen molar-refractivity contribution in [1.82, 2.24) is 14.8 Å². The Labute approximate surface area is 225 Å². The zero-order valence-corrected chi connectivity index (χ0v) is 21.8. The molecule has 0 saturated heterocycles. The topological polar surface area (TPSA) is 90.3 Å². The summed E-state index contributed by atoms with van der Waals surface area (Å²) in [7, 11) is 3.20. The number of aromatic nitrogens is 3. The number of benzene rings is 4. The molecule has 0 radical (unpaired) electrons. The van der Waals surface area contributed by atoms with Gasteiger partial charge in [-0.1, -0.05) is 66.7 Å². The zero-order valence-electron chi connectivity index (χ0n) is 21.8. The second-order valence-corrected chi connectivity index (χ2v) is 9.22. The van der Waals surface area contributed by atoms with E-state index in [0.717, 1.165) is 27.6 Å². The molecule has 2 heterocycles. The molecule has 194 valence electrons. The van der Waals surface area contributed by atoms with Gasteiger partial charge in [0.1, 0.15) is 17.5 Å². The first-order chi connectivity index (χ1) is 19.1. The summed E-state index contributed by atoms with van der Waals surface area (Å²) in [4.78, 5) is 18.7. The molecule has 4 aromatic carbocycles. The summed E-state index contributed by atoms with van der Waals surface area (Å²) in [6.07, 6.45) is 0. The Hall–Kier alpha value is -5.11. The van der Waals surface area contributed by atoms with Gasteiger partial charge in [0.25, 0.3) is 5.91 Å². The van der Waals surface area contributed by atoms with E-state index in [2.05, 4.69) is 28.8 Å². The van der Waals surface area contributed by atoms with Crippen molar-refractivity contribution in [2.45, 2.75) is 13.0 Å². The van der Waals surface area contributed by atoms with Gasteiger partial charge in [-0.15, -0.1) is 5.10 Å². The summed E-state index contributed by atoms with van der Waals surface area (Å²) in [5.74, 6) is 2.17. The number of carbonyl (C=O) groups is 1. The number of allylic oxidation sites excluding steroid dienone is 1. The van der Waals surface area contributed by atoms with Crippen LogP contribution in [0.25, 0.3) is 22.2 Å². The molecular weight excluding hydrogens is 490 g/mol. The Kier molecular flexibility index (Phi) is 6.20. The molecular formula is C31H27N5O3. The minimum atomic E-state index is -0.530. The molecule has 0 saturated carbocycles. The molecule has 8 nitrogen and oxygen atoms in total. The van der Waals surface area contributed by atoms with Gasteiger partial charge in [0.05, 0.1) is 25.5 Å². The minimum Gasteiger partial charge on any atom is -0.497 e. The minimum absolute atomic E-state index is 0.266. The van der Waals surface area contributed by atoms with Crippen LogP contribution in [0.5, 0.6) is 11.5 Å². The molecule has 1 unspecified atom stereocenters. The summed E-state index contributed by atoms with van der Waals surface area (Å²) in [6.45, 7) is 1.88. The lowest BCUT2D eigenvalue weighted by atomic mass is 9.95. The Bertz CT molecular complexity index is 1720. The summed E-state index contributed by atoms with van der Waals surface area (Å²) in [6, 6.07) is 28.7. The lowest BCUT2D eigenvalue weighted by Gasteiger charge is -2.29. The first-order valence-corrected chi connectivity index (χ1v) is 12.6. The average molecular weight is 518 g/mol. The van der Waals surface area contributed by atoms with Crippen molar-refractivity contribution < 1.29 is 14.3 Å². The lowest BCUT2D eigenvalue weighted by molar-refractivity contribution is -0.113. The second kappa shape index (κ2) is 9.98. The van der Waals surface area contributed by atoms with E-state index in [1.807, 2.05) is 79.7 Å². The van der Waals surface area contributed by atoms with E-state index in [4.69, 9.17) is 19.6 Å². The number of anilines is 2. The highest BCUT2D eigenvalue weighted by atomic mass is 16.5. The van der Waals surface area contributed by atoms with Crippen LogP contribution in [-0.4, -0.2) is 34.9 Å². The second-order valence-electron chi connectivity index (χ2n) is 9.22. The van der Waals surface area contributed by atoms with E-state index in [1.165, 1.54) is 0 Å². The molecule has 1 aliphatic heterocycles. The average Bonchev–Trinajstić information content (AvgIpc) is 3.39. The van der Waals surface area contributed by atoms with Gasteiger partial charge in [-0.2, -0.15) is 4.98 Å². The van der Waals surface area contributed by atoms with E-state index in [1.54, 1.807) is 18.9 Å². The normalized spacial score (nSPS) is 14.5. The molecule has 6 rings (SSSR count). The van der Waals surface area contributed by atoms with E-state index in [0.29, 0.717) is 34.5 Å². The monoisotopic (exact) mass is 517 g/mol. The van der Waals surface area contributed by atoms with E-state index >= 15 is 0 Å². The maximum Gasteiger partial charge on any atom is 0.255 e. The molecule has 0 fully saturated rings. The van der Waals surface area contributed by atoms with Crippen LogP contribution in [-0.2, 0) is 4.79 Å². The Morgan fingerprint density at radius 2 is 1.64 bits per heavy atom. The third kappa shape index (κ3) is 4.35. The number of fused-ring (bicyclic) bond motifs is 2. The molecule has 8 heteroatoms. The van der Waals surface area contributed by atoms with Crippen molar-refractivity contribution >= 4 is 28.3 Å². The fraction of sp³-hybridized carbons (Fsp3) is 0.129. The molecule has 1 atom stereocenters. The molecule has 1 aromatic heterocycles. The highest BCUT2D eigenvalue weighted by molar-refractivity contribution is 6.06. The van der Waals surface area contributed by atoms with E-state index in [9.17, 15) is 4.79 Å². The van der Waals surface area contributed by atoms with Crippen LogP contribution in [0.1, 0.15) is 18.5 Å². The highest BCUT2D eigenvalue weighted by Gasteiger charge is 2.35. The predicted molar refractivity (Wildman–Crippen MR) is 152 cm³/mol. The quantitative estimate of drug-likeness (QED) is 0.285. The van der Waals surface area contributed by atoms with Crippen LogP contribution < -0.4 is 20.1 Å². The van der Waals surface area contributed by atoms with Gasteiger partial charge in [-0.25, -0.2) is 4.68 Å². The van der Waals surface area contributed by atoms with Crippen molar-refractivity contribution in [3.05, 3.63) is 108 Å². The third-order valence-electron chi connectivity index (χ3n) is 6.91. The number of ether oxygens (including phenoxy) is 2. The number of rotatable bonds is 6. The smallest absolute Gasteiger partial charge is 0.255 e. The molecule has 2 N–H and O–H groups in total. The molecule has 0 aliphatic carbocycles. The molecule has 1 amide bonds. The van der Waals surface area contributed by atoms with Crippen LogP contribution in [0.15, 0.2) is 102 Å². The molecule has 1 aliphatic rings. The van der Waals surface area contributed by atoms with Gasteiger partial charge < -0.3 is 20.1 Å². The van der Waals surface area contributed by atoms with Crippen LogP contribution in [0.2, 0.25) is 0 Å². The van der Waals surface area contributed by atoms with Gasteiger partial charge >= 0.3 is 0 Å². The van der Waals surface area contributed by atoms with Gasteiger partial charge in [-0.05, 0) is 47.5 Å². The molecule has 39 heavy (non-hydrogen) atoms. The lowest BCUT2D eigenvalue weighted by Crippen LogP contribution is -2.31. The van der Waals surface area contributed by atoms with Crippen LogP contribution in [0.3, 0.4) is 0 Å². The number of hydrogen-bond donors (Lipinski definition) is 2. The number of para-hydroxylation sites is 2. The van der Waals surface area contributed by atoms with Gasteiger partial charge in [0.2, 0.25) is 5.95 Å². The summed E-state index contributed by atoms with van der Waals surface area (Å²) >= 11 is 0. The molecule has 0 bridgehead atoms. The fourth-order valence-electron chi connectivity index (χ4n) is 5.01. The van der Waals surface area contributed by atoms with E-state index < -0.39 is 6.04 Å². The maximum atomic E-state index is 13.9. The van der Waals surface area contributed by atoms with Crippen molar-refractivity contribution in [1.29, 1.82) is 0 Å². The zero-order chi connectivity index (χ0) is 26.9. The first-order valence-electron chi connectivity index (χ1n) is 12.6. The number of hydrogen-bond acceptors (Lipinski definition) is 6. The van der Waals surface area contributed by atoms with Crippen LogP contribution >= 0.6 is 0 Å². The van der Waals surface area contributed by atoms with Gasteiger partial charge in [0, 0.05) is 11.3 Å². The molecule has 0 spiro atoms. The van der Waals surface area contributed by atoms with Gasteiger partial charge in [-0.3, -0.25) is 4.79 Å². The maximum absolute atomic E-state index is 13.9. The number of carbonyl (C=O) groups excluding carboxylic acids is 1. The summed E-state index contributed by atoms with van der Waals surface area (Å²) in [5, 5.41) is 13.5. The van der Waals surface area contributed by atoms with Crippen LogP contribution in [0.4, 0.5) is 11.6 Å². The third-order valence-corrected chi connectivity index (χ3v) is 6.91. The highest BCUT2D eigenvalue weighted by Crippen LogP contribution is 2.38. The van der Waals surface area contributed by atoms with Crippen molar-refractivity contribution in [3.8, 4) is 22.9 Å². The van der Waals surface area contributed by atoms with Crippen molar-refractivity contribution in [3.63, 3.8) is 0 Å². The Morgan fingerprint density at radius 1 is 0.897 bits per heavy atom. The predicted octanol–water partition coefficient (Wildman–Crippen LogP) is 6.04. The van der Waals surface area contributed by atoms with Gasteiger partial charge in [0.15, 0.2) is 5.82 Å². The Balaban J connectivity index is 1.47. The summed E-state index contributed by atoms with van der Waals surface area (Å²) in [5.41, 5.74) is 3.58. The van der Waals surface area contributed by atoms with E-state index in [-0.39, 0.29) is 5.91 Å².